The third-order valence-electron chi connectivity index (χ3n) is 2.86. The smallest absolute Gasteiger partial charge is 0.148 e. The lowest BCUT2D eigenvalue weighted by Crippen LogP contribution is -2.12. The van der Waals surface area contributed by atoms with Gasteiger partial charge in [0.25, 0.3) is 0 Å². The van der Waals surface area contributed by atoms with E-state index in [0.29, 0.717) is 13.0 Å². The fraction of sp³-hybridized carbons (Fsp3) is 0.583. The van der Waals surface area contributed by atoms with Gasteiger partial charge in [0.05, 0.1) is 12.3 Å². The van der Waals surface area contributed by atoms with Gasteiger partial charge in [-0.2, -0.15) is 10.2 Å². The molecule has 0 aliphatic heterocycles. The second-order valence-corrected chi connectivity index (χ2v) is 4.61. The summed E-state index contributed by atoms with van der Waals surface area (Å²) in [4.78, 5) is 4.24. The van der Waals surface area contributed by atoms with Crippen molar-refractivity contribution in [2.24, 2.45) is 0 Å². The lowest BCUT2D eigenvalue weighted by Gasteiger charge is -2.09. The van der Waals surface area contributed by atoms with Crippen molar-refractivity contribution in [3.8, 4) is 0 Å². The summed E-state index contributed by atoms with van der Waals surface area (Å²) < 4.78 is 3.65. The molecule has 2 rings (SSSR count). The minimum Gasteiger partial charge on any atom is -0.388 e. The van der Waals surface area contributed by atoms with E-state index in [0.717, 1.165) is 11.4 Å². The van der Waals surface area contributed by atoms with E-state index in [4.69, 9.17) is 0 Å². The van der Waals surface area contributed by atoms with E-state index in [1.165, 1.54) is 0 Å². The Hall–Kier alpha value is -1.69. The Morgan fingerprint density at radius 2 is 2.11 bits per heavy atom. The minimum atomic E-state index is -0.443. The Kier molecular flexibility index (Phi) is 3.76. The molecular weight excluding hydrogens is 230 g/mol. The predicted molar refractivity (Wildman–Crippen MR) is 67.0 cm³/mol. The Morgan fingerprint density at radius 1 is 1.33 bits per heavy atom. The summed E-state index contributed by atoms with van der Waals surface area (Å²) in [5.74, 6) is 0.866. The fourth-order valence-electron chi connectivity index (χ4n) is 1.84. The Labute approximate surface area is 106 Å². The zero-order valence-electron chi connectivity index (χ0n) is 11.0. The van der Waals surface area contributed by atoms with Gasteiger partial charge in [-0.25, -0.2) is 9.67 Å². The second kappa shape index (κ2) is 5.30. The first-order valence-electron chi connectivity index (χ1n) is 6.20. The molecule has 18 heavy (non-hydrogen) atoms. The molecule has 0 aromatic carbocycles. The standard InChI is InChI=1S/C12H19N5O/c1-4-11(18)10-5-14-16(6-10)7-12-13-8-15-17(12)9(2)3/h5-6,8-9,11,18H,4,7H2,1-3H3. The number of rotatable bonds is 5. The molecule has 0 aliphatic rings. The van der Waals surface area contributed by atoms with Crippen LogP contribution in [0.15, 0.2) is 18.7 Å². The maximum absolute atomic E-state index is 9.72. The molecule has 6 heteroatoms. The SMILES string of the molecule is CCC(O)c1cnn(Cc2ncnn2C(C)C)c1. The van der Waals surface area contributed by atoms with Gasteiger partial charge in [-0.15, -0.1) is 0 Å². The van der Waals surface area contributed by atoms with Gasteiger partial charge in [-0.05, 0) is 20.3 Å². The first-order chi connectivity index (χ1) is 8.61. The van der Waals surface area contributed by atoms with Gasteiger partial charge in [0.2, 0.25) is 0 Å². The molecule has 0 radical (unpaired) electrons. The van der Waals surface area contributed by atoms with Gasteiger partial charge in [0.15, 0.2) is 0 Å². The van der Waals surface area contributed by atoms with Crippen LogP contribution in [0.1, 0.15) is 50.7 Å². The quantitative estimate of drug-likeness (QED) is 0.872. The third-order valence-corrected chi connectivity index (χ3v) is 2.86. The van der Waals surface area contributed by atoms with Crippen LogP contribution in [-0.4, -0.2) is 29.7 Å². The van der Waals surface area contributed by atoms with Crippen molar-refractivity contribution in [2.45, 2.75) is 45.9 Å². The van der Waals surface area contributed by atoms with Gasteiger partial charge >= 0.3 is 0 Å². The largest absolute Gasteiger partial charge is 0.388 e. The van der Waals surface area contributed by atoms with E-state index in [-0.39, 0.29) is 6.04 Å². The molecule has 0 amide bonds. The number of aliphatic hydroxyl groups excluding tert-OH is 1. The Morgan fingerprint density at radius 3 is 2.78 bits per heavy atom. The average Bonchev–Trinajstić information content (AvgIpc) is 2.97. The highest BCUT2D eigenvalue weighted by Crippen LogP contribution is 2.15. The summed E-state index contributed by atoms with van der Waals surface area (Å²) in [6.07, 6.45) is 5.36. The van der Waals surface area contributed by atoms with Crippen LogP contribution in [-0.2, 0) is 6.54 Å². The summed E-state index contributed by atoms with van der Waals surface area (Å²) in [7, 11) is 0. The zero-order valence-corrected chi connectivity index (χ0v) is 11.0. The van der Waals surface area contributed by atoms with Crippen LogP contribution >= 0.6 is 0 Å². The highest BCUT2D eigenvalue weighted by molar-refractivity contribution is 5.08. The van der Waals surface area contributed by atoms with E-state index in [1.807, 2.05) is 17.8 Å². The van der Waals surface area contributed by atoms with E-state index in [9.17, 15) is 5.11 Å². The molecule has 0 saturated heterocycles. The number of hydrogen-bond donors (Lipinski definition) is 1. The molecule has 0 bridgehead atoms. The van der Waals surface area contributed by atoms with Crippen LogP contribution in [0.5, 0.6) is 0 Å². The maximum Gasteiger partial charge on any atom is 0.148 e. The molecule has 0 fully saturated rings. The molecule has 1 atom stereocenters. The van der Waals surface area contributed by atoms with Crippen molar-refractivity contribution in [1.82, 2.24) is 24.5 Å². The summed E-state index contributed by atoms with van der Waals surface area (Å²) in [5.41, 5.74) is 0.841. The summed E-state index contributed by atoms with van der Waals surface area (Å²) >= 11 is 0. The van der Waals surface area contributed by atoms with Crippen LogP contribution in [0.2, 0.25) is 0 Å². The van der Waals surface area contributed by atoms with E-state index in [1.54, 1.807) is 17.2 Å². The van der Waals surface area contributed by atoms with Crippen LogP contribution in [0, 0.1) is 0 Å². The lowest BCUT2D eigenvalue weighted by atomic mass is 10.2. The molecule has 1 N–H and O–H groups in total. The summed E-state index contributed by atoms with van der Waals surface area (Å²) in [6, 6.07) is 0.277. The van der Waals surface area contributed by atoms with E-state index >= 15 is 0 Å². The zero-order chi connectivity index (χ0) is 13.1. The normalized spacial score (nSPS) is 13.2. The predicted octanol–water partition coefficient (Wildman–Crippen LogP) is 1.55. The topological polar surface area (TPSA) is 68.8 Å². The van der Waals surface area contributed by atoms with Crippen molar-refractivity contribution >= 4 is 0 Å². The van der Waals surface area contributed by atoms with Crippen molar-refractivity contribution < 1.29 is 5.11 Å². The molecule has 2 heterocycles. The van der Waals surface area contributed by atoms with Crippen LogP contribution < -0.4 is 0 Å². The second-order valence-electron chi connectivity index (χ2n) is 4.61. The van der Waals surface area contributed by atoms with Crippen molar-refractivity contribution in [3.63, 3.8) is 0 Å². The maximum atomic E-state index is 9.72. The van der Waals surface area contributed by atoms with Gasteiger partial charge in [0.1, 0.15) is 18.7 Å². The molecule has 98 valence electrons. The fourth-order valence-corrected chi connectivity index (χ4v) is 1.84. The Bertz CT molecular complexity index is 502. The number of aliphatic hydroxyl groups is 1. The first-order valence-corrected chi connectivity index (χ1v) is 6.20. The van der Waals surface area contributed by atoms with Gasteiger partial charge in [-0.1, -0.05) is 6.92 Å². The van der Waals surface area contributed by atoms with Crippen molar-refractivity contribution in [3.05, 3.63) is 30.1 Å². The Balaban J connectivity index is 2.14. The van der Waals surface area contributed by atoms with Gasteiger partial charge in [-0.3, -0.25) is 4.68 Å². The number of nitrogens with zero attached hydrogens (tertiary/aromatic N) is 5. The molecule has 0 saturated carbocycles. The highest BCUT2D eigenvalue weighted by atomic mass is 16.3. The van der Waals surface area contributed by atoms with E-state index < -0.39 is 6.10 Å². The first kappa shape index (κ1) is 12.8. The molecule has 0 spiro atoms. The van der Waals surface area contributed by atoms with Gasteiger partial charge < -0.3 is 5.11 Å². The molecular formula is C12H19N5O. The molecule has 6 nitrogen and oxygen atoms in total. The highest BCUT2D eigenvalue weighted by Gasteiger charge is 2.11. The summed E-state index contributed by atoms with van der Waals surface area (Å²) in [5, 5.41) is 18.1. The number of hydrogen-bond acceptors (Lipinski definition) is 4. The van der Waals surface area contributed by atoms with Crippen LogP contribution in [0.25, 0.3) is 0 Å². The monoisotopic (exact) mass is 249 g/mol. The molecule has 2 aromatic rings. The summed E-state index contributed by atoms with van der Waals surface area (Å²) in [6.45, 7) is 6.63. The van der Waals surface area contributed by atoms with E-state index in [2.05, 4.69) is 29.0 Å². The molecule has 1 unspecified atom stereocenters. The van der Waals surface area contributed by atoms with Crippen LogP contribution in [0.4, 0.5) is 0 Å². The lowest BCUT2D eigenvalue weighted by molar-refractivity contribution is 0.173. The van der Waals surface area contributed by atoms with Crippen molar-refractivity contribution in [2.75, 3.05) is 0 Å². The van der Waals surface area contributed by atoms with Gasteiger partial charge in [0, 0.05) is 17.8 Å². The minimum absolute atomic E-state index is 0.277. The van der Waals surface area contributed by atoms with Crippen molar-refractivity contribution in [1.29, 1.82) is 0 Å². The molecule has 2 aromatic heterocycles. The molecule has 0 aliphatic carbocycles. The van der Waals surface area contributed by atoms with Crippen LogP contribution in [0.3, 0.4) is 0 Å². The average molecular weight is 249 g/mol. The third kappa shape index (κ3) is 2.59. The number of aromatic nitrogens is 5.